The summed E-state index contributed by atoms with van der Waals surface area (Å²) in [5.74, 6) is 0.114. The summed E-state index contributed by atoms with van der Waals surface area (Å²) in [6.45, 7) is 5.26. The van der Waals surface area contributed by atoms with E-state index in [-0.39, 0.29) is 5.91 Å². The van der Waals surface area contributed by atoms with Gasteiger partial charge in [-0.05, 0) is 48.9 Å². The van der Waals surface area contributed by atoms with Crippen LogP contribution in [0.5, 0.6) is 0 Å². The summed E-state index contributed by atoms with van der Waals surface area (Å²) in [6.07, 6.45) is 4.32. The maximum atomic E-state index is 13.1. The van der Waals surface area contributed by atoms with E-state index in [1.54, 1.807) is 11.0 Å². The summed E-state index contributed by atoms with van der Waals surface area (Å²) in [6, 6.07) is 5.59. The minimum Gasteiger partial charge on any atom is -0.370 e. The van der Waals surface area contributed by atoms with Crippen molar-refractivity contribution in [1.82, 2.24) is 9.21 Å². The number of carbonyl (C=O) groups excluding carboxylic acids is 1. The Bertz CT molecular complexity index is 813. The Morgan fingerprint density at radius 2 is 1.68 bits per heavy atom. The molecule has 0 spiro atoms. The van der Waals surface area contributed by atoms with Gasteiger partial charge in [0.25, 0.3) is 5.91 Å². The molecule has 2 fully saturated rings. The molecule has 0 unspecified atom stereocenters. The van der Waals surface area contributed by atoms with Crippen molar-refractivity contribution in [3.8, 4) is 0 Å². The number of amides is 1. The number of nitrogens with one attached hydrogen (secondary N) is 1. The number of sulfonamides is 1. The summed E-state index contributed by atoms with van der Waals surface area (Å²) in [7, 11) is -3.50. The van der Waals surface area contributed by atoms with Crippen molar-refractivity contribution < 1.29 is 22.8 Å². The van der Waals surface area contributed by atoms with Gasteiger partial charge in [-0.2, -0.15) is 4.31 Å². The van der Waals surface area contributed by atoms with Crippen molar-refractivity contribution in [3.63, 3.8) is 0 Å². The molecule has 0 atom stereocenters. The van der Waals surface area contributed by atoms with E-state index in [1.165, 1.54) is 26.8 Å². The number of benzene rings is 1. The van der Waals surface area contributed by atoms with Gasteiger partial charge in [0.15, 0.2) is 6.54 Å². The second-order valence-corrected chi connectivity index (χ2v) is 9.90. The average Bonchev–Trinajstić information content (AvgIpc) is 2.74. The molecular formula is C20H30N3O4S+. The number of carbonyl (C=O) groups is 1. The van der Waals surface area contributed by atoms with Crippen molar-refractivity contribution >= 4 is 15.9 Å². The molecule has 4 rings (SSSR count). The highest BCUT2D eigenvalue weighted by Gasteiger charge is 2.32. The normalized spacial score (nSPS) is 22.1. The molecule has 2 heterocycles. The number of ether oxygens (including phenoxy) is 1. The highest BCUT2D eigenvalue weighted by molar-refractivity contribution is 7.89. The SMILES string of the molecule is O=C(C[NH+]1CCOCC1)N1CCN(S(=O)(=O)c2ccc3c(c2)CCCC3)CC1. The minimum absolute atomic E-state index is 0.114. The van der Waals surface area contributed by atoms with E-state index in [0.717, 1.165) is 32.4 Å². The molecule has 2 aliphatic heterocycles. The molecule has 0 aromatic heterocycles. The number of piperazine rings is 1. The number of morpholine rings is 1. The van der Waals surface area contributed by atoms with Crippen LogP contribution < -0.4 is 4.90 Å². The van der Waals surface area contributed by atoms with Crippen molar-refractivity contribution in [1.29, 1.82) is 0 Å². The lowest BCUT2D eigenvalue weighted by Gasteiger charge is -2.35. The summed E-state index contributed by atoms with van der Waals surface area (Å²) < 4.78 is 33.0. The molecule has 1 aromatic carbocycles. The molecule has 1 aliphatic carbocycles. The van der Waals surface area contributed by atoms with Crippen LogP contribution in [-0.4, -0.2) is 82.6 Å². The molecule has 1 amide bonds. The van der Waals surface area contributed by atoms with Crippen molar-refractivity contribution in [3.05, 3.63) is 29.3 Å². The zero-order valence-electron chi connectivity index (χ0n) is 16.4. The van der Waals surface area contributed by atoms with Crippen LogP contribution in [0.3, 0.4) is 0 Å². The summed E-state index contributed by atoms with van der Waals surface area (Å²) in [5, 5.41) is 0. The molecular weight excluding hydrogens is 378 g/mol. The third-order valence-corrected chi connectivity index (χ3v) is 8.04. The van der Waals surface area contributed by atoms with E-state index in [0.29, 0.717) is 50.8 Å². The lowest BCUT2D eigenvalue weighted by atomic mass is 9.92. The number of hydrogen-bond acceptors (Lipinski definition) is 4. The molecule has 28 heavy (non-hydrogen) atoms. The van der Waals surface area contributed by atoms with Crippen molar-refractivity contribution in [2.75, 3.05) is 59.0 Å². The van der Waals surface area contributed by atoms with Gasteiger partial charge >= 0.3 is 0 Å². The van der Waals surface area contributed by atoms with Crippen LogP contribution in [0.25, 0.3) is 0 Å². The number of fused-ring (bicyclic) bond motifs is 1. The second-order valence-electron chi connectivity index (χ2n) is 7.96. The Kier molecular flexibility index (Phi) is 6.01. The summed E-state index contributed by atoms with van der Waals surface area (Å²) >= 11 is 0. The van der Waals surface area contributed by atoms with Crippen LogP contribution in [0.1, 0.15) is 24.0 Å². The molecule has 2 saturated heterocycles. The fourth-order valence-corrected chi connectivity index (χ4v) is 5.83. The van der Waals surface area contributed by atoms with Gasteiger partial charge in [-0.1, -0.05) is 6.07 Å². The van der Waals surface area contributed by atoms with Gasteiger partial charge in [0.2, 0.25) is 10.0 Å². The van der Waals surface area contributed by atoms with Gasteiger partial charge in [0.05, 0.1) is 18.1 Å². The fourth-order valence-electron chi connectivity index (χ4n) is 4.36. The van der Waals surface area contributed by atoms with E-state index in [2.05, 4.69) is 0 Å². The highest BCUT2D eigenvalue weighted by Crippen LogP contribution is 2.26. The van der Waals surface area contributed by atoms with E-state index in [1.807, 2.05) is 12.1 Å². The number of rotatable bonds is 4. The van der Waals surface area contributed by atoms with Crippen LogP contribution in [0.15, 0.2) is 23.1 Å². The largest absolute Gasteiger partial charge is 0.370 e. The lowest BCUT2D eigenvalue weighted by molar-refractivity contribution is -0.900. The summed E-state index contributed by atoms with van der Waals surface area (Å²) in [5.41, 5.74) is 2.46. The number of quaternary nitrogens is 1. The first-order chi connectivity index (χ1) is 13.5. The molecule has 1 N–H and O–H groups in total. The van der Waals surface area contributed by atoms with Gasteiger partial charge in [-0.15, -0.1) is 0 Å². The molecule has 0 radical (unpaired) electrons. The molecule has 154 valence electrons. The lowest BCUT2D eigenvalue weighted by Crippen LogP contribution is -3.15. The zero-order valence-corrected chi connectivity index (χ0v) is 17.2. The molecule has 0 bridgehead atoms. The topological polar surface area (TPSA) is 71.4 Å². The van der Waals surface area contributed by atoms with E-state index in [9.17, 15) is 13.2 Å². The van der Waals surface area contributed by atoms with Crippen LogP contribution >= 0.6 is 0 Å². The third kappa shape index (κ3) is 4.25. The second kappa shape index (κ2) is 8.49. The maximum Gasteiger partial charge on any atom is 0.277 e. The van der Waals surface area contributed by atoms with E-state index < -0.39 is 10.0 Å². The van der Waals surface area contributed by atoms with E-state index in [4.69, 9.17) is 4.74 Å². The fraction of sp³-hybridized carbons (Fsp3) is 0.650. The number of hydrogen-bond donors (Lipinski definition) is 1. The monoisotopic (exact) mass is 408 g/mol. The first kappa shape index (κ1) is 19.8. The van der Waals surface area contributed by atoms with Crippen LogP contribution in [0.4, 0.5) is 0 Å². The predicted molar refractivity (Wildman–Crippen MR) is 105 cm³/mol. The third-order valence-electron chi connectivity index (χ3n) is 6.15. The summed E-state index contributed by atoms with van der Waals surface area (Å²) in [4.78, 5) is 16.0. The van der Waals surface area contributed by atoms with Gasteiger partial charge in [0, 0.05) is 26.2 Å². The van der Waals surface area contributed by atoms with Crippen LogP contribution in [0.2, 0.25) is 0 Å². The molecule has 0 saturated carbocycles. The zero-order chi connectivity index (χ0) is 19.6. The molecule has 7 nitrogen and oxygen atoms in total. The highest BCUT2D eigenvalue weighted by atomic mass is 32.2. The van der Waals surface area contributed by atoms with Gasteiger partial charge in [0.1, 0.15) is 13.1 Å². The molecule has 1 aromatic rings. The Morgan fingerprint density at radius 1 is 1.00 bits per heavy atom. The Hall–Kier alpha value is -1.48. The Balaban J connectivity index is 1.36. The average molecular weight is 409 g/mol. The van der Waals surface area contributed by atoms with E-state index >= 15 is 0 Å². The number of nitrogens with zero attached hydrogens (tertiary/aromatic N) is 2. The maximum absolute atomic E-state index is 13.1. The van der Waals surface area contributed by atoms with Gasteiger partial charge in [-0.3, -0.25) is 4.79 Å². The van der Waals surface area contributed by atoms with Gasteiger partial charge < -0.3 is 14.5 Å². The number of aryl methyl sites for hydroxylation is 2. The molecule has 3 aliphatic rings. The van der Waals surface area contributed by atoms with Crippen molar-refractivity contribution in [2.24, 2.45) is 0 Å². The van der Waals surface area contributed by atoms with Crippen LogP contribution in [0, 0.1) is 0 Å². The standard InChI is InChI=1S/C20H29N3O4S/c24-20(16-21-11-13-27-14-12-21)22-7-9-23(10-8-22)28(25,26)19-6-5-17-3-1-2-4-18(17)15-19/h5-6,15H,1-4,7-14,16H2/p+1. The Morgan fingerprint density at radius 3 is 2.39 bits per heavy atom. The first-order valence-electron chi connectivity index (χ1n) is 10.3. The van der Waals surface area contributed by atoms with Crippen molar-refractivity contribution in [2.45, 2.75) is 30.6 Å². The van der Waals surface area contributed by atoms with Crippen LogP contribution in [-0.2, 0) is 32.4 Å². The predicted octanol–water partition coefficient (Wildman–Crippen LogP) is -0.687. The Labute approximate surface area is 167 Å². The molecule has 8 heteroatoms. The first-order valence-corrected chi connectivity index (χ1v) is 11.8. The minimum atomic E-state index is -3.50. The van der Waals surface area contributed by atoms with Gasteiger partial charge in [-0.25, -0.2) is 8.42 Å². The quantitative estimate of drug-likeness (QED) is 0.716. The smallest absolute Gasteiger partial charge is 0.277 e.